The Labute approximate surface area is 447 Å². The van der Waals surface area contributed by atoms with Gasteiger partial charge in [-0.3, -0.25) is 0 Å². The quantitative estimate of drug-likeness (QED) is 0.148. The summed E-state index contributed by atoms with van der Waals surface area (Å²) in [5.74, 6) is 0. The second kappa shape index (κ2) is 17.1. The van der Waals surface area contributed by atoms with Crippen LogP contribution in [0, 0.1) is 6.92 Å². The Balaban J connectivity index is 1.19. The lowest BCUT2D eigenvalue weighted by molar-refractivity contribution is -0.138. The SMILES string of the molecule is Cc1c(-c2cccc(C(F)(F)F)c2)c(-n2c3ccccc3c3ccc4c(c5ccccc5n4-c4ccccc4)c32)cc(-n2c3ccccc3c3ccc4c(c5ccccc5n4-c4ccccc4)c32)c1-c1cccc(C(F)(F)F)c1. The van der Waals surface area contributed by atoms with E-state index in [1.165, 1.54) is 12.1 Å². The Kier molecular flexibility index (Phi) is 10.1. The van der Waals surface area contributed by atoms with Crippen molar-refractivity contribution in [1.29, 1.82) is 0 Å². The lowest BCUT2D eigenvalue weighted by atomic mass is 9.88. The molecule has 0 spiro atoms. The maximum Gasteiger partial charge on any atom is 0.416 e. The minimum absolute atomic E-state index is 0.252. The van der Waals surface area contributed by atoms with E-state index in [1.54, 1.807) is 12.1 Å². The van der Waals surface area contributed by atoms with Gasteiger partial charge in [-0.25, -0.2) is 0 Å². The average molecular weight is 1040 g/mol. The van der Waals surface area contributed by atoms with Crippen LogP contribution in [0.5, 0.6) is 0 Å². The van der Waals surface area contributed by atoms with E-state index in [2.05, 4.69) is 103 Å². The zero-order chi connectivity index (χ0) is 53.5. The van der Waals surface area contributed by atoms with Crippen LogP contribution in [0.25, 0.3) is 132 Å². The molecule has 11 aromatic carbocycles. The normalized spacial score (nSPS) is 12.5. The molecule has 0 atom stereocenters. The van der Waals surface area contributed by atoms with Gasteiger partial charge in [0.25, 0.3) is 0 Å². The van der Waals surface area contributed by atoms with Crippen molar-refractivity contribution < 1.29 is 26.3 Å². The van der Waals surface area contributed by atoms with Crippen LogP contribution in [0.15, 0.2) is 237 Å². The first-order valence-electron chi connectivity index (χ1n) is 26.0. The molecule has 0 amide bonds. The molecule has 4 aromatic heterocycles. The summed E-state index contributed by atoms with van der Waals surface area (Å²) in [6.07, 6.45) is -9.42. The molecule has 0 N–H and O–H groups in total. The minimum atomic E-state index is -4.71. The predicted molar refractivity (Wildman–Crippen MR) is 309 cm³/mol. The number of para-hydroxylation sites is 6. The first-order valence-corrected chi connectivity index (χ1v) is 26.0. The highest BCUT2D eigenvalue weighted by molar-refractivity contribution is 6.28. The molecule has 0 unspecified atom stereocenters. The van der Waals surface area contributed by atoms with E-state index in [9.17, 15) is 0 Å². The average Bonchev–Trinajstić information content (AvgIpc) is 2.67. The van der Waals surface area contributed by atoms with Crippen molar-refractivity contribution in [3.63, 3.8) is 0 Å². The number of aromatic nitrogens is 4. The molecular weight excluding hydrogens is 999 g/mol. The lowest BCUT2D eigenvalue weighted by Crippen LogP contribution is -2.09. The van der Waals surface area contributed by atoms with Gasteiger partial charge in [0.15, 0.2) is 0 Å². The molecule has 15 aromatic rings. The van der Waals surface area contributed by atoms with Crippen LogP contribution in [0.1, 0.15) is 16.7 Å². The van der Waals surface area contributed by atoms with Crippen molar-refractivity contribution >= 4 is 87.2 Å². The summed E-state index contributed by atoms with van der Waals surface area (Å²) < 4.78 is 99.5. The predicted octanol–water partition coefficient (Wildman–Crippen LogP) is 19.8. The molecule has 0 fully saturated rings. The summed E-state index contributed by atoms with van der Waals surface area (Å²) in [6, 6.07) is 73.9. The second-order valence-corrected chi connectivity index (χ2v) is 20.2. The van der Waals surface area contributed by atoms with Crippen LogP contribution in [-0.4, -0.2) is 18.3 Å². The molecule has 0 aliphatic heterocycles. The summed E-state index contributed by atoms with van der Waals surface area (Å²) in [5.41, 5.74) is 10.1. The smallest absolute Gasteiger partial charge is 0.309 e. The van der Waals surface area contributed by atoms with Crippen molar-refractivity contribution in [2.24, 2.45) is 0 Å². The molecule has 0 aliphatic carbocycles. The summed E-state index contributed by atoms with van der Waals surface area (Å²) in [7, 11) is 0. The molecular formula is C69H42F6N4. The van der Waals surface area contributed by atoms with Crippen LogP contribution in [0.3, 0.4) is 0 Å². The molecule has 79 heavy (non-hydrogen) atoms. The van der Waals surface area contributed by atoms with E-state index in [0.29, 0.717) is 28.1 Å². The van der Waals surface area contributed by atoms with Gasteiger partial charge in [-0.1, -0.05) is 146 Å². The third-order valence-electron chi connectivity index (χ3n) is 15.9. The number of hydrogen-bond acceptors (Lipinski definition) is 0. The largest absolute Gasteiger partial charge is 0.416 e. The van der Waals surface area contributed by atoms with Gasteiger partial charge in [0, 0.05) is 65.6 Å². The minimum Gasteiger partial charge on any atom is -0.309 e. The van der Waals surface area contributed by atoms with Crippen LogP contribution in [-0.2, 0) is 12.4 Å². The van der Waals surface area contributed by atoms with E-state index >= 15 is 26.3 Å². The van der Waals surface area contributed by atoms with Gasteiger partial charge >= 0.3 is 12.4 Å². The van der Waals surface area contributed by atoms with E-state index in [-0.39, 0.29) is 11.1 Å². The van der Waals surface area contributed by atoms with Crippen molar-refractivity contribution in [3.05, 3.63) is 253 Å². The van der Waals surface area contributed by atoms with Gasteiger partial charge in [0.05, 0.1) is 66.6 Å². The van der Waals surface area contributed by atoms with Crippen LogP contribution in [0.2, 0.25) is 0 Å². The van der Waals surface area contributed by atoms with Gasteiger partial charge < -0.3 is 18.3 Å². The maximum absolute atomic E-state index is 15.1. The monoisotopic (exact) mass is 1040 g/mol. The Morgan fingerprint density at radius 2 is 0.646 bits per heavy atom. The van der Waals surface area contributed by atoms with E-state index < -0.39 is 23.5 Å². The first-order chi connectivity index (χ1) is 38.4. The lowest BCUT2D eigenvalue weighted by Gasteiger charge is -2.25. The Bertz CT molecular complexity index is 4680. The van der Waals surface area contributed by atoms with Crippen molar-refractivity contribution in [2.45, 2.75) is 19.3 Å². The Morgan fingerprint density at radius 1 is 0.291 bits per heavy atom. The fourth-order valence-corrected chi connectivity index (χ4v) is 12.8. The van der Waals surface area contributed by atoms with Crippen LogP contribution < -0.4 is 0 Å². The van der Waals surface area contributed by atoms with Gasteiger partial charge in [0.2, 0.25) is 0 Å². The first kappa shape index (κ1) is 46.5. The highest BCUT2D eigenvalue weighted by Crippen LogP contribution is 2.51. The Hall–Kier alpha value is -9.80. The molecule has 4 heterocycles. The molecule has 0 radical (unpaired) electrons. The fourth-order valence-electron chi connectivity index (χ4n) is 12.8. The number of alkyl halides is 6. The Morgan fingerprint density at radius 3 is 1.04 bits per heavy atom. The fraction of sp³-hybridized carbons (Fsp3) is 0.0435. The highest BCUT2D eigenvalue weighted by atomic mass is 19.4. The number of rotatable bonds is 6. The second-order valence-electron chi connectivity index (χ2n) is 20.2. The molecule has 15 rings (SSSR count). The topological polar surface area (TPSA) is 19.7 Å². The van der Waals surface area contributed by atoms with Crippen molar-refractivity contribution in [1.82, 2.24) is 18.3 Å². The van der Waals surface area contributed by atoms with E-state index in [1.807, 2.05) is 110 Å². The molecule has 0 saturated heterocycles. The number of benzene rings is 11. The number of nitrogens with zero attached hydrogens (tertiary/aromatic N) is 4. The number of halogens is 6. The molecule has 0 bridgehead atoms. The maximum atomic E-state index is 15.1. The van der Waals surface area contributed by atoms with E-state index in [0.717, 1.165) is 123 Å². The van der Waals surface area contributed by atoms with Gasteiger partial charge in [-0.05, 0) is 115 Å². The van der Waals surface area contributed by atoms with Gasteiger partial charge in [0.1, 0.15) is 0 Å². The number of fused-ring (bicyclic) bond motifs is 14. The third kappa shape index (κ3) is 6.90. The molecule has 380 valence electrons. The zero-order valence-corrected chi connectivity index (χ0v) is 42.1. The van der Waals surface area contributed by atoms with Crippen molar-refractivity contribution in [2.75, 3.05) is 0 Å². The number of hydrogen-bond donors (Lipinski definition) is 0. The molecule has 10 heteroatoms. The molecule has 4 nitrogen and oxygen atoms in total. The standard InChI is InChI=1S/C69H42F6N4/c1-41-62(42-18-16-20-44(38-42)68(70,71)72)60(78-54-30-12-8-26-48(54)50-34-36-58-64(66(50)78)52-28-10-14-32-56(52)76(58)46-22-4-2-5-23-46)40-61(63(41)43-19-17-21-45(39-43)69(73,74)75)79-55-31-13-9-27-49(55)51-35-37-59-65(67(51)79)53-29-11-15-33-57(53)77(59)47-24-6-3-7-25-47/h2-40H,1H3. The summed E-state index contributed by atoms with van der Waals surface area (Å²) in [5, 5.41) is 7.46. The van der Waals surface area contributed by atoms with Gasteiger partial charge in [-0.15, -0.1) is 0 Å². The molecule has 0 aliphatic rings. The van der Waals surface area contributed by atoms with E-state index in [4.69, 9.17) is 0 Å². The summed E-state index contributed by atoms with van der Waals surface area (Å²) in [4.78, 5) is 0. The van der Waals surface area contributed by atoms with Crippen LogP contribution in [0.4, 0.5) is 26.3 Å². The summed E-state index contributed by atoms with van der Waals surface area (Å²) >= 11 is 0. The third-order valence-corrected chi connectivity index (χ3v) is 15.9. The van der Waals surface area contributed by atoms with Crippen molar-refractivity contribution in [3.8, 4) is 45.0 Å². The van der Waals surface area contributed by atoms with Crippen LogP contribution >= 0.6 is 0 Å². The highest BCUT2D eigenvalue weighted by Gasteiger charge is 2.34. The zero-order valence-electron chi connectivity index (χ0n) is 42.1. The molecule has 0 saturated carbocycles. The van der Waals surface area contributed by atoms with Gasteiger partial charge in [-0.2, -0.15) is 26.3 Å². The summed E-state index contributed by atoms with van der Waals surface area (Å²) in [6.45, 7) is 1.84.